The molecular formula is C11H12N2O3. The van der Waals surface area contributed by atoms with Gasteiger partial charge in [0.15, 0.2) is 0 Å². The van der Waals surface area contributed by atoms with E-state index in [4.69, 9.17) is 5.11 Å². The van der Waals surface area contributed by atoms with Gasteiger partial charge in [-0.2, -0.15) is 0 Å². The molecule has 0 saturated heterocycles. The highest BCUT2D eigenvalue weighted by molar-refractivity contribution is 5.96. The zero-order valence-electron chi connectivity index (χ0n) is 8.62. The molecule has 0 bridgehead atoms. The number of carbonyl (C=O) groups is 2. The van der Waals surface area contributed by atoms with Crippen molar-refractivity contribution in [2.75, 3.05) is 6.54 Å². The van der Waals surface area contributed by atoms with Crippen molar-refractivity contribution in [3.63, 3.8) is 0 Å². The Morgan fingerprint density at radius 3 is 2.81 bits per heavy atom. The molecule has 1 aromatic carbocycles. The van der Waals surface area contributed by atoms with E-state index in [1.165, 1.54) is 5.56 Å². The molecule has 0 radical (unpaired) electrons. The molecule has 84 valence electrons. The van der Waals surface area contributed by atoms with Gasteiger partial charge < -0.3 is 15.7 Å². The number of aliphatic carboxylic acids is 1. The maximum absolute atomic E-state index is 11.6. The van der Waals surface area contributed by atoms with Crippen LogP contribution in [0.5, 0.6) is 0 Å². The van der Waals surface area contributed by atoms with Gasteiger partial charge in [-0.3, -0.25) is 9.59 Å². The minimum atomic E-state index is -1.05. The van der Waals surface area contributed by atoms with Gasteiger partial charge in [0, 0.05) is 18.7 Å². The Balaban J connectivity index is 2.09. The minimum Gasteiger partial charge on any atom is -0.480 e. The van der Waals surface area contributed by atoms with Crippen LogP contribution in [0.2, 0.25) is 0 Å². The molecule has 0 aromatic heterocycles. The average molecular weight is 220 g/mol. The standard InChI is InChI=1S/C11H12N2O3/c14-10(15)6-13-11(16)7-1-2-8-4-12-5-9(8)3-7/h1-3,12H,4-6H2,(H,13,16)(H,14,15). The monoisotopic (exact) mass is 220 g/mol. The number of carboxylic acids is 1. The van der Waals surface area contributed by atoms with Crippen molar-refractivity contribution in [2.45, 2.75) is 13.1 Å². The van der Waals surface area contributed by atoms with Gasteiger partial charge in [-0.1, -0.05) is 6.07 Å². The van der Waals surface area contributed by atoms with Crippen LogP contribution < -0.4 is 10.6 Å². The van der Waals surface area contributed by atoms with Gasteiger partial charge >= 0.3 is 5.97 Å². The summed E-state index contributed by atoms with van der Waals surface area (Å²) in [6.07, 6.45) is 0. The average Bonchev–Trinajstić information content (AvgIpc) is 2.72. The number of hydrogen-bond acceptors (Lipinski definition) is 3. The quantitative estimate of drug-likeness (QED) is 0.675. The molecule has 1 heterocycles. The smallest absolute Gasteiger partial charge is 0.322 e. The van der Waals surface area contributed by atoms with Crippen molar-refractivity contribution < 1.29 is 14.7 Å². The third-order valence-electron chi connectivity index (χ3n) is 2.50. The Morgan fingerprint density at radius 2 is 2.06 bits per heavy atom. The lowest BCUT2D eigenvalue weighted by Crippen LogP contribution is -2.29. The van der Waals surface area contributed by atoms with Crippen LogP contribution in [-0.2, 0) is 17.9 Å². The summed E-state index contributed by atoms with van der Waals surface area (Å²) in [6.45, 7) is 1.23. The second-order valence-corrected chi connectivity index (χ2v) is 3.66. The van der Waals surface area contributed by atoms with Crippen LogP contribution in [0.1, 0.15) is 21.5 Å². The molecule has 0 atom stereocenters. The van der Waals surface area contributed by atoms with Crippen LogP contribution in [0.3, 0.4) is 0 Å². The van der Waals surface area contributed by atoms with Crippen LogP contribution >= 0.6 is 0 Å². The van der Waals surface area contributed by atoms with E-state index in [2.05, 4.69) is 10.6 Å². The number of carboxylic acid groups (broad SMARTS) is 1. The van der Waals surface area contributed by atoms with Gasteiger partial charge in [-0.05, 0) is 23.3 Å². The first-order chi connectivity index (χ1) is 7.66. The van der Waals surface area contributed by atoms with E-state index < -0.39 is 5.97 Å². The summed E-state index contributed by atoms with van der Waals surface area (Å²) < 4.78 is 0. The molecule has 0 saturated carbocycles. The van der Waals surface area contributed by atoms with Crippen molar-refractivity contribution in [2.24, 2.45) is 0 Å². The van der Waals surface area contributed by atoms with Gasteiger partial charge in [0.1, 0.15) is 6.54 Å². The predicted molar refractivity (Wildman–Crippen MR) is 57.0 cm³/mol. The zero-order chi connectivity index (χ0) is 11.5. The molecule has 0 spiro atoms. The number of amides is 1. The Bertz CT molecular complexity index is 443. The molecule has 2 rings (SSSR count). The highest BCUT2D eigenvalue weighted by Gasteiger charge is 2.13. The van der Waals surface area contributed by atoms with E-state index in [1.807, 2.05) is 6.07 Å². The maximum atomic E-state index is 11.6. The molecule has 1 amide bonds. The minimum absolute atomic E-state index is 0.350. The van der Waals surface area contributed by atoms with Crippen LogP contribution in [0.4, 0.5) is 0 Å². The fourth-order valence-electron chi connectivity index (χ4n) is 1.69. The van der Waals surface area contributed by atoms with Crippen LogP contribution in [0, 0.1) is 0 Å². The first kappa shape index (κ1) is 10.6. The third kappa shape index (κ3) is 2.20. The van der Waals surface area contributed by atoms with E-state index in [9.17, 15) is 9.59 Å². The second-order valence-electron chi connectivity index (χ2n) is 3.66. The largest absolute Gasteiger partial charge is 0.480 e. The van der Waals surface area contributed by atoms with Crippen LogP contribution in [0.25, 0.3) is 0 Å². The first-order valence-corrected chi connectivity index (χ1v) is 4.99. The van der Waals surface area contributed by atoms with Crippen molar-refractivity contribution in [3.05, 3.63) is 34.9 Å². The summed E-state index contributed by atoms with van der Waals surface area (Å²) in [6, 6.07) is 5.40. The van der Waals surface area contributed by atoms with Gasteiger partial charge in [0.2, 0.25) is 0 Å². The molecule has 1 aromatic rings. The Morgan fingerprint density at radius 1 is 1.31 bits per heavy atom. The Kier molecular flexibility index (Phi) is 2.87. The summed E-state index contributed by atoms with van der Waals surface area (Å²) in [5.74, 6) is -1.40. The number of fused-ring (bicyclic) bond motifs is 1. The van der Waals surface area contributed by atoms with Crippen LogP contribution in [-0.4, -0.2) is 23.5 Å². The van der Waals surface area contributed by atoms with Gasteiger partial charge in [-0.15, -0.1) is 0 Å². The molecule has 0 unspecified atom stereocenters. The molecule has 5 heteroatoms. The normalized spacial score (nSPS) is 13.2. The summed E-state index contributed by atoms with van der Waals surface area (Å²) in [5, 5.41) is 13.9. The first-order valence-electron chi connectivity index (χ1n) is 4.99. The molecule has 0 aliphatic carbocycles. The Labute approximate surface area is 92.5 Å². The number of benzene rings is 1. The van der Waals surface area contributed by atoms with E-state index in [1.54, 1.807) is 12.1 Å². The number of nitrogens with one attached hydrogen (secondary N) is 2. The van der Waals surface area contributed by atoms with E-state index in [0.29, 0.717) is 5.56 Å². The number of hydrogen-bond donors (Lipinski definition) is 3. The molecule has 16 heavy (non-hydrogen) atoms. The van der Waals surface area contributed by atoms with Gasteiger partial charge in [0.25, 0.3) is 5.91 Å². The highest BCUT2D eigenvalue weighted by Crippen LogP contribution is 2.16. The summed E-state index contributed by atoms with van der Waals surface area (Å²) in [4.78, 5) is 21.9. The molecule has 5 nitrogen and oxygen atoms in total. The van der Waals surface area contributed by atoms with Crippen LogP contribution in [0.15, 0.2) is 18.2 Å². The topological polar surface area (TPSA) is 78.4 Å². The molecule has 1 aliphatic rings. The molecular weight excluding hydrogens is 208 g/mol. The fraction of sp³-hybridized carbons (Fsp3) is 0.273. The van der Waals surface area contributed by atoms with E-state index in [0.717, 1.165) is 18.7 Å². The molecule has 1 aliphatic heterocycles. The van der Waals surface area contributed by atoms with Crippen molar-refractivity contribution in [1.29, 1.82) is 0 Å². The maximum Gasteiger partial charge on any atom is 0.322 e. The van der Waals surface area contributed by atoms with E-state index in [-0.39, 0.29) is 12.5 Å². The summed E-state index contributed by atoms with van der Waals surface area (Å²) >= 11 is 0. The zero-order valence-corrected chi connectivity index (χ0v) is 8.62. The predicted octanol–water partition coefficient (Wildman–Crippen LogP) is 0.104. The third-order valence-corrected chi connectivity index (χ3v) is 2.50. The summed E-state index contributed by atoms with van der Waals surface area (Å²) in [5.41, 5.74) is 2.79. The van der Waals surface area contributed by atoms with Gasteiger partial charge in [-0.25, -0.2) is 0 Å². The fourth-order valence-corrected chi connectivity index (χ4v) is 1.69. The molecule has 0 fully saturated rings. The van der Waals surface area contributed by atoms with Gasteiger partial charge in [0.05, 0.1) is 0 Å². The van der Waals surface area contributed by atoms with Crippen molar-refractivity contribution >= 4 is 11.9 Å². The lowest BCUT2D eigenvalue weighted by atomic mass is 10.1. The number of rotatable bonds is 3. The van der Waals surface area contributed by atoms with Crippen molar-refractivity contribution in [1.82, 2.24) is 10.6 Å². The number of carbonyl (C=O) groups excluding carboxylic acids is 1. The van der Waals surface area contributed by atoms with Crippen molar-refractivity contribution in [3.8, 4) is 0 Å². The highest BCUT2D eigenvalue weighted by atomic mass is 16.4. The Hall–Kier alpha value is -1.88. The molecule has 3 N–H and O–H groups in total. The lowest BCUT2D eigenvalue weighted by Gasteiger charge is -2.04. The second kappa shape index (κ2) is 4.32. The summed E-state index contributed by atoms with van der Waals surface area (Å²) in [7, 11) is 0. The SMILES string of the molecule is O=C(O)CNC(=O)c1ccc2c(c1)CNC2. The lowest BCUT2D eigenvalue weighted by molar-refractivity contribution is -0.135. The van der Waals surface area contributed by atoms with E-state index >= 15 is 0 Å².